The Balaban J connectivity index is 2.61. The molecular weight excluding hydrogens is 218 g/mol. The van der Waals surface area contributed by atoms with Gasteiger partial charge in [0.2, 0.25) is 0 Å². The van der Waals surface area contributed by atoms with Gasteiger partial charge >= 0.3 is 0 Å². The van der Waals surface area contributed by atoms with Crippen molar-refractivity contribution in [2.24, 2.45) is 5.73 Å². The average Bonchev–Trinajstić information content (AvgIpc) is 2.35. The summed E-state index contributed by atoms with van der Waals surface area (Å²) >= 11 is 0. The van der Waals surface area contributed by atoms with Gasteiger partial charge in [0, 0.05) is 18.2 Å². The SMILES string of the molecule is CC(O)C(N)CNC(=O)c1cccc(C#N)c1. The van der Waals surface area contributed by atoms with Crippen molar-refractivity contribution in [1.82, 2.24) is 5.32 Å². The number of aliphatic hydroxyl groups excluding tert-OH is 1. The molecule has 0 spiro atoms. The van der Waals surface area contributed by atoms with Crippen molar-refractivity contribution in [3.63, 3.8) is 0 Å². The van der Waals surface area contributed by atoms with E-state index < -0.39 is 12.1 Å². The maximum atomic E-state index is 11.7. The highest BCUT2D eigenvalue weighted by Gasteiger charge is 2.12. The highest BCUT2D eigenvalue weighted by atomic mass is 16.3. The first-order valence-corrected chi connectivity index (χ1v) is 5.26. The van der Waals surface area contributed by atoms with Gasteiger partial charge in [0.1, 0.15) is 0 Å². The minimum Gasteiger partial charge on any atom is -0.392 e. The van der Waals surface area contributed by atoms with Gasteiger partial charge in [0.15, 0.2) is 0 Å². The van der Waals surface area contributed by atoms with Crippen molar-refractivity contribution in [3.05, 3.63) is 35.4 Å². The number of nitrogens with one attached hydrogen (secondary N) is 1. The van der Waals surface area contributed by atoms with Crippen LogP contribution in [0, 0.1) is 11.3 Å². The van der Waals surface area contributed by atoms with E-state index in [0.29, 0.717) is 11.1 Å². The summed E-state index contributed by atoms with van der Waals surface area (Å²) in [6, 6.07) is 7.84. The molecule has 0 fully saturated rings. The van der Waals surface area contributed by atoms with Crippen molar-refractivity contribution < 1.29 is 9.90 Å². The van der Waals surface area contributed by atoms with Gasteiger partial charge in [-0.1, -0.05) is 6.07 Å². The second-order valence-corrected chi connectivity index (χ2v) is 3.81. The summed E-state index contributed by atoms with van der Waals surface area (Å²) < 4.78 is 0. The molecule has 1 aromatic carbocycles. The Morgan fingerprint density at radius 3 is 2.94 bits per heavy atom. The smallest absolute Gasteiger partial charge is 0.251 e. The zero-order valence-electron chi connectivity index (χ0n) is 9.55. The van der Waals surface area contributed by atoms with Gasteiger partial charge in [0.05, 0.1) is 17.7 Å². The van der Waals surface area contributed by atoms with E-state index in [4.69, 9.17) is 16.1 Å². The monoisotopic (exact) mass is 233 g/mol. The van der Waals surface area contributed by atoms with Crippen molar-refractivity contribution in [3.8, 4) is 6.07 Å². The largest absolute Gasteiger partial charge is 0.392 e. The molecule has 1 amide bonds. The normalized spacial score (nSPS) is 13.5. The van der Waals surface area contributed by atoms with Gasteiger partial charge in [-0.3, -0.25) is 4.79 Å². The number of amides is 1. The lowest BCUT2D eigenvalue weighted by Gasteiger charge is -2.15. The van der Waals surface area contributed by atoms with Crippen molar-refractivity contribution in [1.29, 1.82) is 5.26 Å². The first kappa shape index (κ1) is 13.2. The highest BCUT2D eigenvalue weighted by molar-refractivity contribution is 5.94. The van der Waals surface area contributed by atoms with Gasteiger partial charge in [-0.15, -0.1) is 0 Å². The average molecular weight is 233 g/mol. The van der Waals surface area contributed by atoms with E-state index in [1.165, 1.54) is 6.07 Å². The maximum absolute atomic E-state index is 11.7. The third-order valence-electron chi connectivity index (χ3n) is 2.37. The van der Waals surface area contributed by atoms with E-state index >= 15 is 0 Å². The Bertz CT molecular complexity index is 438. The fraction of sp³-hybridized carbons (Fsp3) is 0.333. The second-order valence-electron chi connectivity index (χ2n) is 3.81. The molecule has 0 bridgehead atoms. The second kappa shape index (κ2) is 5.99. The number of aliphatic hydroxyl groups is 1. The molecule has 0 saturated carbocycles. The molecule has 0 aliphatic rings. The molecule has 0 aliphatic carbocycles. The number of rotatable bonds is 4. The number of nitrogens with two attached hydrogens (primary N) is 1. The van der Waals surface area contributed by atoms with Crippen LogP contribution in [0.2, 0.25) is 0 Å². The zero-order valence-corrected chi connectivity index (χ0v) is 9.55. The van der Waals surface area contributed by atoms with Crippen LogP contribution in [0.25, 0.3) is 0 Å². The fourth-order valence-electron chi connectivity index (χ4n) is 1.21. The molecule has 1 aromatic rings. The van der Waals surface area contributed by atoms with Gasteiger partial charge < -0.3 is 16.2 Å². The quantitative estimate of drug-likeness (QED) is 0.681. The molecule has 17 heavy (non-hydrogen) atoms. The number of carbonyl (C=O) groups excluding carboxylic acids is 1. The summed E-state index contributed by atoms with van der Waals surface area (Å²) in [4.78, 5) is 11.7. The van der Waals surface area contributed by atoms with E-state index in [9.17, 15) is 4.79 Å². The number of nitriles is 1. The van der Waals surface area contributed by atoms with Gasteiger partial charge in [-0.2, -0.15) is 5.26 Å². The van der Waals surface area contributed by atoms with E-state index in [1.54, 1.807) is 25.1 Å². The maximum Gasteiger partial charge on any atom is 0.251 e. The summed E-state index contributed by atoms with van der Waals surface area (Å²) in [5.74, 6) is -0.307. The van der Waals surface area contributed by atoms with Gasteiger partial charge in [-0.25, -0.2) is 0 Å². The summed E-state index contributed by atoms with van der Waals surface area (Å²) in [6.45, 7) is 1.75. The minimum atomic E-state index is -0.680. The van der Waals surface area contributed by atoms with Crippen LogP contribution in [0.5, 0.6) is 0 Å². The fourth-order valence-corrected chi connectivity index (χ4v) is 1.21. The van der Waals surface area contributed by atoms with Crippen LogP contribution < -0.4 is 11.1 Å². The van der Waals surface area contributed by atoms with Gasteiger partial charge in [0.25, 0.3) is 5.91 Å². The van der Waals surface area contributed by atoms with Gasteiger partial charge in [-0.05, 0) is 25.1 Å². The molecule has 0 heterocycles. The van der Waals surface area contributed by atoms with Crippen LogP contribution in [0.3, 0.4) is 0 Å². The molecule has 0 aliphatic heterocycles. The lowest BCUT2D eigenvalue weighted by molar-refractivity contribution is 0.0937. The van der Waals surface area contributed by atoms with Crippen LogP contribution >= 0.6 is 0 Å². The summed E-state index contributed by atoms with van der Waals surface area (Å²) in [7, 11) is 0. The van der Waals surface area contributed by atoms with Crippen LogP contribution in [-0.4, -0.2) is 29.7 Å². The Morgan fingerprint density at radius 2 is 2.35 bits per heavy atom. The number of benzene rings is 1. The Hall–Kier alpha value is -1.90. The Labute approximate surface area is 99.9 Å². The number of hydrogen-bond donors (Lipinski definition) is 3. The molecule has 1 rings (SSSR count). The lowest BCUT2D eigenvalue weighted by Crippen LogP contribution is -2.43. The molecule has 2 atom stereocenters. The molecule has 4 N–H and O–H groups in total. The first-order chi connectivity index (χ1) is 8.04. The third kappa shape index (κ3) is 3.87. The van der Waals surface area contributed by atoms with Crippen molar-refractivity contribution in [2.45, 2.75) is 19.1 Å². The number of nitrogens with zero attached hydrogens (tertiary/aromatic N) is 1. The summed E-state index contributed by atoms with van der Waals surface area (Å²) in [5, 5.41) is 20.5. The standard InChI is InChI=1S/C12H15N3O2/c1-8(16)11(14)7-15-12(17)10-4-2-3-9(5-10)6-13/h2-5,8,11,16H,7,14H2,1H3,(H,15,17). The van der Waals surface area contributed by atoms with E-state index in [2.05, 4.69) is 5.32 Å². The molecule has 5 heteroatoms. The molecule has 90 valence electrons. The van der Waals surface area contributed by atoms with E-state index in [1.807, 2.05) is 6.07 Å². The number of carbonyl (C=O) groups is 1. The minimum absolute atomic E-state index is 0.188. The number of hydrogen-bond acceptors (Lipinski definition) is 4. The van der Waals surface area contributed by atoms with Crippen molar-refractivity contribution >= 4 is 5.91 Å². The highest BCUT2D eigenvalue weighted by Crippen LogP contribution is 2.03. The van der Waals surface area contributed by atoms with Crippen LogP contribution in [0.1, 0.15) is 22.8 Å². The predicted octanol–water partition coefficient (Wildman–Crippen LogP) is -0.00382. The van der Waals surface area contributed by atoms with Crippen LogP contribution in [0.15, 0.2) is 24.3 Å². The summed E-state index contributed by atoms with van der Waals surface area (Å²) in [5.41, 5.74) is 6.41. The van der Waals surface area contributed by atoms with Crippen molar-refractivity contribution in [2.75, 3.05) is 6.54 Å². The predicted molar refractivity (Wildman–Crippen MR) is 63.1 cm³/mol. The Morgan fingerprint density at radius 1 is 1.65 bits per heavy atom. The third-order valence-corrected chi connectivity index (χ3v) is 2.37. The molecular formula is C12H15N3O2. The molecule has 5 nitrogen and oxygen atoms in total. The van der Waals surface area contributed by atoms with Crippen LogP contribution in [0.4, 0.5) is 0 Å². The van der Waals surface area contributed by atoms with E-state index in [-0.39, 0.29) is 12.5 Å². The molecule has 2 unspecified atom stereocenters. The van der Waals surface area contributed by atoms with E-state index in [0.717, 1.165) is 0 Å². The molecule has 0 aromatic heterocycles. The first-order valence-electron chi connectivity index (χ1n) is 5.26. The van der Waals surface area contributed by atoms with Crippen LogP contribution in [-0.2, 0) is 0 Å². The lowest BCUT2D eigenvalue weighted by atomic mass is 10.1. The summed E-state index contributed by atoms with van der Waals surface area (Å²) in [6.07, 6.45) is -0.680. The molecule has 0 saturated heterocycles. The zero-order chi connectivity index (χ0) is 12.8. The molecule has 0 radical (unpaired) electrons. The Kier molecular flexibility index (Phi) is 4.64. The topological polar surface area (TPSA) is 99.1 Å².